The number of phenolic OH excluding ortho intramolecular Hbond substituents is 1. The average molecular weight is 361 g/mol. The molecule has 2 aromatic rings. The minimum atomic E-state index is -0.617. The summed E-state index contributed by atoms with van der Waals surface area (Å²) < 4.78 is 0.825. The number of anilines is 2. The fraction of sp³-hybridized carbons (Fsp3) is 0.125. The zero-order valence-electron chi connectivity index (χ0n) is 11.5. The lowest BCUT2D eigenvalue weighted by Crippen LogP contribution is -2.34. The molecule has 1 atom stereocenters. The lowest BCUT2D eigenvalue weighted by atomic mass is 10.2. The summed E-state index contributed by atoms with van der Waals surface area (Å²) in [5, 5.41) is 12.6. The molecule has 2 aromatic carbocycles. The van der Waals surface area contributed by atoms with Crippen molar-refractivity contribution in [2.75, 3.05) is 10.2 Å². The smallest absolute Gasteiger partial charge is 0.256 e. The number of aromatic hydroxyl groups is 1. The van der Waals surface area contributed by atoms with Crippen molar-refractivity contribution in [2.24, 2.45) is 0 Å². The lowest BCUT2D eigenvalue weighted by molar-refractivity contribution is -0.121. The number of para-hydroxylation sites is 1. The highest BCUT2D eigenvalue weighted by Gasteiger charge is 2.39. The maximum absolute atomic E-state index is 12.5. The van der Waals surface area contributed by atoms with Gasteiger partial charge in [-0.3, -0.25) is 9.59 Å². The van der Waals surface area contributed by atoms with Crippen LogP contribution in [-0.2, 0) is 9.59 Å². The van der Waals surface area contributed by atoms with Gasteiger partial charge in [-0.2, -0.15) is 0 Å². The van der Waals surface area contributed by atoms with Gasteiger partial charge < -0.3 is 10.4 Å². The molecule has 0 bridgehead atoms. The fourth-order valence-electron chi connectivity index (χ4n) is 2.41. The van der Waals surface area contributed by atoms with Gasteiger partial charge in [0.05, 0.1) is 12.1 Å². The molecule has 2 N–H and O–H groups in total. The summed E-state index contributed by atoms with van der Waals surface area (Å²) in [7, 11) is 0. The van der Waals surface area contributed by atoms with Crippen LogP contribution in [0.3, 0.4) is 0 Å². The van der Waals surface area contributed by atoms with Gasteiger partial charge in [-0.15, -0.1) is 0 Å². The largest absolute Gasteiger partial charge is 0.508 e. The molecule has 1 aliphatic rings. The Morgan fingerprint density at radius 3 is 2.64 bits per heavy atom. The van der Waals surface area contributed by atoms with E-state index in [2.05, 4.69) is 21.2 Å². The number of carbonyl (C=O) groups is 2. The minimum Gasteiger partial charge on any atom is -0.508 e. The second kappa shape index (κ2) is 5.81. The molecular formula is C16H13BrN2O3. The summed E-state index contributed by atoms with van der Waals surface area (Å²) in [4.78, 5) is 25.7. The van der Waals surface area contributed by atoms with Crippen LogP contribution in [0.2, 0.25) is 0 Å². The highest BCUT2D eigenvalue weighted by atomic mass is 79.9. The van der Waals surface area contributed by atoms with Gasteiger partial charge in [0.15, 0.2) is 0 Å². The Labute approximate surface area is 135 Å². The van der Waals surface area contributed by atoms with Gasteiger partial charge in [0, 0.05) is 16.2 Å². The van der Waals surface area contributed by atoms with Gasteiger partial charge in [-0.05, 0) is 40.2 Å². The van der Waals surface area contributed by atoms with E-state index in [9.17, 15) is 14.7 Å². The Kier molecular flexibility index (Phi) is 3.85. The number of benzene rings is 2. The summed E-state index contributed by atoms with van der Waals surface area (Å²) in [6, 6.07) is 12.9. The first-order valence-corrected chi connectivity index (χ1v) is 7.52. The number of amides is 2. The summed E-state index contributed by atoms with van der Waals surface area (Å²) in [6.45, 7) is 0. The van der Waals surface area contributed by atoms with Gasteiger partial charge in [0.1, 0.15) is 11.8 Å². The van der Waals surface area contributed by atoms with E-state index in [0.717, 1.165) is 15.1 Å². The van der Waals surface area contributed by atoms with Crippen molar-refractivity contribution in [3.05, 3.63) is 53.0 Å². The molecule has 1 heterocycles. The van der Waals surface area contributed by atoms with Crippen LogP contribution in [0.5, 0.6) is 5.75 Å². The number of carbonyl (C=O) groups excluding carboxylic acids is 2. The van der Waals surface area contributed by atoms with Crippen molar-refractivity contribution in [3.63, 3.8) is 0 Å². The fourth-order valence-corrected chi connectivity index (χ4v) is 2.81. The molecule has 6 heteroatoms. The van der Waals surface area contributed by atoms with E-state index in [1.807, 2.05) is 24.3 Å². The number of phenols is 1. The first kappa shape index (κ1) is 14.6. The van der Waals surface area contributed by atoms with Crippen molar-refractivity contribution >= 4 is 39.1 Å². The summed E-state index contributed by atoms with van der Waals surface area (Å²) in [5.41, 5.74) is 1.14. The van der Waals surface area contributed by atoms with Gasteiger partial charge in [0.2, 0.25) is 5.91 Å². The quantitative estimate of drug-likeness (QED) is 0.825. The third-order valence-electron chi connectivity index (χ3n) is 3.44. The van der Waals surface area contributed by atoms with E-state index in [1.54, 1.807) is 12.1 Å². The van der Waals surface area contributed by atoms with Gasteiger partial charge in [-0.1, -0.05) is 18.2 Å². The second-order valence-electron chi connectivity index (χ2n) is 4.97. The van der Waals surface area contributed by atoms with E-state index in [-0.39, 0.29) is 24.0 Å². The lowest BCUT2D eigenvalue weighted by Gasteiger charge is -2.16. The van der Waals surface area contributed by atoms with E-state index < -0.39 is 6.04 Å². The Hall–Kier alpha value is -2.34. The molecule has 5 nitrogen and oxygen atoms in total. The van der Waals surface area contributed by atoms with Crippen molar-refractivity contribution in [1.82, 2.24) is 0 Å². The summed E-state index contributed by atoms with van der Waals surface area (Å²) in [6.07, 6.45) is 0.0792. The number of nitrogens with zero attached hydrogens (tertiary/aromatic N) is 1. The van der Waals surface area contributed by atoms with Crippen LogP contribution in [0.1, 0.15) is 6.42 Å². The zero-order chi connectivity index (χ0) is 15.7. The van der Waals surface area contributed by atoms with Crippen LogP contribution in [0.15, 0.2) is 53.0 Å². The number of nitrogens with one attached hydrogen (secondary N) is 1. The molecule has 1 saturated heterocycles. The highest BCUT2D eigenvalue weighted by molar-refractivity contribution is 9.10. The van der Waals surface area contributed by atoms with E-state index in [1.165, 1.54) is 12.1 Å². The molecule has 0 aliphatic carbocycles. The molecular weight excluding hydrogens is 348 g/mol. The number of rotatable bonds is 3. The van der Waals surface area contributed by atoms with Crippen LogP contribution in [0.25, 0.3) is 0 Å². The predicted molar refractivity (Wildman–Crippen MR) is 86.8 cm³/mol. The SMILES string of the molecule is O=C1CC(Nc2ccccc2Br)C(=O)N1c1cccc(O)c1. The first-order chi connectivity index (χ1) is 10.6. The number of halogens is 1. The molecule has 22 heavy (non-hydrogen) atoms. The normalized spacial score (nSPS) is 17.9. The number of hydrogen-bond donors (Lipinski definition) is 2. The van der Waals surface area contributed by atoms with Crippen LogP contribution in [0.4, 0.5) is 11.4 Å². The van der Waals surface area contributed by atoms with Crippen molar-refractivity contribution in [1.29, 1.82) is 0 Å². The Balaban J connectivity index is 1.84. The van der Waals surface area contributed by atoms with Crippen molar-refractivity contribution in [3.8, 4) is 5.75 Å². The van der Waals surface area contributed by atoms with Gasteiger partial charge in [0.25, 0.3) is 5.91 Å². The Morgan fingerprint density at radius 2 is 1.91 bits per heavy atom. The molecule has 1 unspecified atom stereocenters. The van der Waals surface area contributed by atoms with Crippen LogP contribution in [-0.4, -0.2) is 23.0 Å². The third-order valence-corrected chi connectivity index (χ3v) is 4.13. The molecule has 0 radical (unpaired) electrons. The maximum Gasteiger partial charge on any atom is 0.256 e. The van der Waals surface area contributed by atoms with Gasteiger partial charge in [-0.25, -0.2) is 4.90 Å². The molecule has 0 spiro atoms. The van der Waals surface area contributed by atoms with Crippen molar-refractivity contribution < 1.29 is 14.7 Å². The van der Waals surface area contributed by atoms with E-state index in [0.29, 0.717) is 5.69 Å². The summed E-state index contributed by atoms with van der Waals surface area (Å²) >= 11 is 3.40. The number of hydrogen-bond acceptors (Lipinski definition) is 4. The molecule has 112 valence electrons. The average Bonchev–Trinajstić information content (AvgIpc) is 2.76. The Bertz CT molecular complexity index is 748. The highest BCUT2D eigenvalue weighted by Crippen LogP contribution is 2.29. The summed E-state index contributed by atoms with van der Waals surface area (Å²) in [5.74, 6) is -0.605. The van der Waals surface area contributed by atoms with Crippen molar-refractivity contribution in [2.45, 2.75) is 12.5 Å². The topological polar surface area (TPSA) is 69.6 Å². The monoisotopic (exact) mass is 360 g/mol. The standard InChI is InChI=1S/C16H13BrN2O3/c17-12-6-1-2-7-13(12)18-14-9-15(21)19(16(14)22)10-4-3-5-11(20)8-10/h1-8,14,18,20H,9H2. The molecule has 0 aromatic heterocycles. The molecule has 3 rings (SSSR count). The first-order valence-electron chi connectivity index (χ1n) is 6.73. The number of imide groups is 1. The van der Waals surface area contributed by atoms with Crippen LogP contribution < -0.4 is 10.2 Å². The molecule has 0 saturated carbocycles. The molecule has 1 fully saturated rings. The van der Waals surface area contributed by atoms with E-state index >= 15 is 0 Å². The molecule has 2 amide bonds. The predicted octanol–water partition coefficient (Wildman–Crippen LogP) is 2.90. The maximum atomic E-state index is 12.5. The third kappa shape index (κ3) is 2.69. The Morgan fingerprint density at radius 1 is 1.14 bits per heavy atom. The molecule has 1 aliphatic heterocycles. The van der Waals surface area contributed by atoms with Crippen LogP contribution >= 0.6 is 15.9 Å². The zero-order valence-corrected chi connectivity index (χ0v) is 13.1. The van der Waals surface area contributed by atoms with Gasteiger partial charge >= 0.3 is 0 Å². The van der Waals surface area contributed by atoms with Crippen LogP contribution in [0, 0.1) is 0 Å². The van der Waals surface area contributed by atoms with E-state index in [4.69, 9.17) is 0 Å². The minimum absolute atomic E-state index is 0.0142. The second-order valence-corrected chi connectivity index (χ2v) is 5.82.